The van der Waals surface area contributed by atoms with E-state index in [1.807, 2.05) is 0 Å². The molecule has 0 saturated heterocycles. The molecule has 120 valence electrons. The van der Waals surface area contributed by atoms with Crippen LogP contribution in [0, 0.1) is 18.8 Å². The maximum atomic E-state index is 12.2. The summed E-state index contributed by atoms with van der Waals surface area (Å²) in [4.78, 5) is 23.1. The van der Waals surface area contributed by atoms with Crippen molar-refractivity contribution in [2.24, 2.45) is 11.8 Å². The van der Waals surface area contributed by atoms with Gasteiger partial charge in [0.1, 0.15) is 0 Å². The number of aryl methyl sites for hydroxylation is 1. The van der Waals surface area contributed by atoms with E-state index < -0.39 is 5.97 Å². The summed E-state index contributed by atoms with van der Waals surface area (Å²) in [5.41, 5.74) is 2.45. The molecule has 1 aliphatic carbocycles. The lowest BCUT2D eigenvalue weighted by molar-refractivity contribution is -0.144. The van der Waals surface area contributed by atoms with Crippen LogP contribution in [0.1, 0.15) is 49.7 Å². The van der Waals surface area contributed by atoms with E-state index in [0.29, 0.717) is 32.2 Å². The van der Waals surface area contributed by atoms with E-state index >= 15 is 0 Å². The molecule has 0 spiro atoms. The molecule has 0 aliphatic heterocycles. The number of aliphatic carboxylic acids is 1. The molecule has 0 bridgehead atoms. The summed E-state index contributed by atoms with van der Waals surface area (Å²) in [6.45, 7) is 4.79. The minimum atomic E-state index is -0.730. The molecular weight excluding hydrogens is 278 g/mol. The monoisotopic (exact) mass is 303 g/mol. The molecule has 4 heteroatoms. The quantitative estimate of drug-likeness (QED) is 0.878. The van der Waals surface area contributed by atoms with E-state index in [2.05, 4.69) is 43.4 Å². The van der Waals surface area contributed by atoms with Crippen LogP contribution in [-0.4, -0.2) is 23.5 Å². The highest BCUT2D eigenvalue weighted by atomic mass is 16.4. The van der Waals surface area contributed by atoms with Crippen LogP contribution in [0.15, 0.2) is 24.3 Å². The number of benzene rings is 1. The molecule has 1 amide bonds. The van der Waals surface area contributed by atoms with E-state index in [1.54, 1.807) is 0 Å². The minimum Gasteiger partial charge on any atom is -0.481 e. The Bertz CT molecular complexity index is 516. The van der Waals surface area contributed by atoms with Gasteiger partial charge in [0.25, 0.3) is 0 Å². The fourth-order valence-electron chi connectivity index (χ4n) is 3.01. The molecule has 22 heavy (non-hydrogen) atoms. The molecular formula is C18H25NO3. The zero-order valence-electron chi connectivity index (χ0n) is 13.3. The van der Waals surface area contributed by atoms with Gasteiger partial charge in [-0.15, -0.1) is 0 Å². The first kappa shape index (κ1) is 16.5. The number of hydrogen-bond donors (Lipinski definition) is 2. The van der Waals surface area contributed by atoms with Gasteiger partial charge in [0.2, 0.25) is 5.91 Å². The Labute approximate surface area is 131 Å². The van der Waals surface area contributed by atoms with Crippen molar-refractivity contribution in [3.8, 4) is 0 Å². The Hall–Kier alpha value is -1.84. The van der Waals surface area contributed by atoms with Gasteiger partial charge in [0.05, 0.1) is 5.92 Å². The van der Waals surface area contributed by atoms with Crippen LogP contribution in [-0.2, 0) is 9.59 Å². The van der Waals surface area contributed by atoms with E-state index in [4.69, 9.17) is 5.11 Å². The van der Waals surface area contributed by atoms with Gasteiger partial charge in [-0.2, -0.15) is 0 Å². The predicted molar refractivity (Wildman–Crippen MR) is 85.7 cm³/mol. The molecule has 1 atom stereocenters. The first-order chi connectivity index (χ1) is 10.5. The first-order valence-electron chi connectivity index (χ1n) is 8.04. The average molecular weight is 303 g/mol. The summed E-state index contributed by atoms with van der Waals surface area (Å²) in [6, 6.07) is 8.37. The fraction of sp³-hybridized carbons (Fsp3) is 0.556. The van der Waals surface area contributed by atoms with E-state index in [1.165, 1.54) is 11.1 Å². The van der Waals surface area contributed by atoms with Gasteiger partial charge >= 0.3 is 5.97 Å². The lowest BCUT2D eigenvalue weighted by atomic mass is 9.81. The lowest BCUT2D eigenvalue weighted by Crippen LogP contribution is -2.36. The third-order valence-electron chi connectivity index (χ3n) is 4.68. The maximum absolute atomic E-state index is 12.2. The van der Waals surface area contributed by atoms with Crippen molar-refractivity contribution >= 4 is 11.9 Å². The van der Waals surface area contributed by atoms with Crippen LogP contribution in [0.4, 0.5) is 0 Å². The molecule has 1 aliphatic rings. The van der Waals surface area contributed by atoms with Gasteiger partial charge in [-0.1, -0.05) is 36.8 Å². The molecule has 4 nitrogen and oxygen atoms in total. The van der Waals surface area contributed by atoms with Crippen LogP contribution in [0.25, 0.3) is 0 Å². The van der Waals surface area contributed by atoms with Gasteiger partial charge < -0.3 is 10.4 Å². The molecule has 0 heterocycles. The second kappa shape index (κ2) is 7.43. The Morgan fingerprint density at radius 3 is 2.23 bits per heavy atom. The summed E-state index contributed by atoms with van der Waals surface area (Å²) < 4.78 is 0. The largest absolute Gasteiger partial charge is 0.481 e. The molecule has 2 N–H and O–H groups in total. The number of rotatable bonds is 5. The highest BCUT2D eigenvalue weighted by molar-refractivity contribution is 5.79. The molecule has 1 saturated carbocycles. The predicted octanol–water partition coefficient (Wildman–Crippen LogP) is 3.11. The van der Waals surface area contributed by atoms with Crippen molar-refractivity contribution in [2.45, 2.75) is 45.4 Å². The zero-order chi connectivity index (χ0) is 16.1. The fourth-order valence-corrected chi connectivity index (χ4v) is 3.01. The lowest BCUT2D eigenvalue weighted by Gasteiger charge is -2.25. The molecule has 2 rings (SSSR count). The van der Waals surface area contributed by atoms with Crippen LogP contribution in [0.2, 0.25) is 0 Å². The van der Waals surface area contributed by atoms with Gasteiger partial charge in [0.15, 0.2) is 0 Å². The SMILES string of the molecule is Cc1ccc(C(C)CNC(=O)C2CCC(C(=O)O)CC2)cc1. The van der Waals surface area contributed by atoms with Gasteiger partial charge in [-0.3, -0.25) is 9.59 Å². The Balaban J connectivity index is 1.78. The maximum Gasteiger partial charge on any atom is 0.306 e. The van der Waals surface area contributed by atoms with Crippen molar-refractivity contribution in [1.82, 2.24) is 5.32 Å². The van der Waals surface area contributed by atoms with Crippen molar-refractivity contribution in [1.29, 1.82) is 0 Å². The highest BCUT2D eigenvalue weighted by Crippen LogP contribution is 2.29. The summed E-state index contributed by atoms with van der Waals surface area (Å²) in [6.07, 6.45) is 2.59. The standard InChI is InChI=1S/C18H25NO3/c1-12-3-5-14(6-4-12)13(2)11-19-17(20)15-7-9-16(10-8-15)18(21)22/h3-6,13,15-16H,7-11H2,1-2H3,(H,19,20)(H,21,22). The molecule has 0 aromatic heterocycles. The Kier molecular flexibility index (Phi) is 5.58. The summed E-state index contributed by atoms with van der Waals surface area (Å²) >= 11 is 0. The smallest absolute Gasteiger partial charge is 0.306 e. The van der Waals surface area contributed by atoms with E-state index in [0.717, 1.165) is 0 Å². The summed E-state index contributed by atoms with van der Waals surface area (Å²) in [5.74, 6) is -0.675. The van der Waals surface area contributed by atoms with Crippen molar-refractivity contribution < 1.29 is 14.7 Å². The van der Waals surface area contributed by atoms with Crippen LogP contribution in [0.3, 0.4) is 0 Å². The number of hydrogen-bond acceptors (Lipinski definition) is 2. The van der Waals surface area contributed by atoms with Gasteiger partial charge in [-0.25, -0.2) is 0 Å². The van der Waals surface area contributed by atoms with Gasteiger partial charge in [0, 0.05) is 12.5 Å². The number of nitrogens with one attached hydrogen (secondary N) is 1. The van der Waals surface area contributed by atoms with Crippen LogP contribution < -0.4 is 5.32 Å². The van der Waals surface area contributed by atoms with Gasteiger partial charge in [-0.05, 0) is 44.1 Å². The number of carbonyl (C=O) groups excluding carboxylic acids is 1. The number of carboxylic acid groups (broad SMARTS) is 1. The highest BCUT2D eigenvalue weighted by Gasteiger charge is 2.29. The Morgan fingerprint density at radius 1 is 1.14 bits per heavy atom. The van der Waals surface area contributed by atoms with E-state index in [9.17, 15) is 9.59 Å². The van der Waals surface area contributed by atoms with Crippen molar-refractivity contribution in [3.63, 3.8) is 0 Å². The minimum absolute atomic E-state index is 0.0270. The third-order valence-corrected chi connectivity index (χ3v) is 4.68. The third kappa shape index (κ3) is 4.33. The normalized spacial score (nSPS) is 22.8. The number of carboxylic acids is 1. The summed E-state index contributed by atoms with van der Waals surface area (Å²) in [7, 11) is 0. The second-order valence-corrected chi connectivity index (χ2v) is 6.44. The van der Waals surface area contributed by atoms with Crippen molar-refractivity contribution in [3.05, 3.63) is 35.4 Å². The topological polar surface area (TPSA) is 66.4 Å². The number of amides is 1. The molecule has 0 radical (unpaired) electrons. The second-order valence-electron chi connectivity index (χ2n) is 6.44. The first-order valence-corrected chi connectivity index (χ1v) is 8.04. The number of carbonyl (C=O) groups is 2. The van der Waals surface area contributed by atoms with Crippen LogP contribution >= 0.6 is 0 Å². The Morgan fingerprint density at radius 2 is 1.68 bits per heavy atom. The van der Waals surface area contributed by atoms with Crippen molar-refractivity contribution in [2.75, 3.05) is 6.54 Å². The molecule has 1 aromatic carbocycles. The van der Waals surface area contributed by atoms with Crippen LogP contribution in [0.5, 0.6) is 0 Å². The molecule has 1 fully saturated rings. The molecule has 1 aromatic rings. The van der Waals surface area contributed by atoms with E-state index in [-0.39, 0.29) is 23.7 Å². The average Bonchev–Trinajstić information content (AvgIpc) is 2.53. The zero-order valence-corrected chi connectivity index (χ0v) is 13.3. The molecule has 1 unspecified atom stereocenters. The summed E-state index contributed by atoms with van der Waals surface area (Å²) in [5, 5.41) is 12.0.